The lowest BCUT2D eigenvalue weighted by atomic mass is 9.89. The number of carbonyl (C=O) groups is 2. The highest BCUT2D eigenvalue weighted by Crippen LogP contribution is 2.49. The van der Waals surface area contributed by atoms with E-state index in [2.05, 4.69) is 41.7 Å². The van der Waals surface area contributed by atoms with Crippen molar-refractivity contribution in [1.29, 1.82) is 0 Å². The number of benzene rings is 2. The number of hydroxylamine groups is 2. The molecule has 3 fully saturated rings. The lowest BCUT2D eigenvalue weighted by molar-refractivity contribution is -1.07. The first-order valence-electron chi connectivity index (χ1n) is 12.7. The Morgan fingerprint density at radius 1 is 1.14 bits per heavy atom. The molecule has 0 spiro atoms. The van der Waals surface area contributed by atoms with Gasteiger partial charge in [-0.2, -0.15) is 17.0 Å². The number of likely N-dealkylation sites (tertiary alicyclic amines) is 1. The average molecular weight is 512 g/mol. The average Bonchev–Trinajstić information content (AvgIpc) is 3.84. The van der Waals surface area contributed by atoms with Crippen LogP contribution in [-0.2, 0) is 24.9 Å². The van der Waals surface area contributed by atoms with Crippen LogP contribution in [0.15, 0.2) is 60.7 Å². The van der Waals surface area contributed by atoms with E-state index in [1.807, 2.05) is 29.2 Å². The molecular weight excluding hydrogens is 478 g/mol. The molecule has 8 nitrogen and oxygen atoms in total. The molecule has 2 aromatic carbocycles. The van der Waals surface area contributed by atoms with Gasteiger partial charge in [0.15, 0.2) is 0 Å². The number of nitrogens with one attached hydrogen (secondary N) is 2. The van der Waals surface area contributed by atoms with Crippen molar-refractivity contribution < 1.29 is 24.4 Å². The van der Waals surface area contributed by atoms with Gasteiger partial charge in [0, 0.05) is 24.1 Å². The summed E-state index contributed by atoms with van der Waals surface area (Å²) in [7, 11) is 0. The minimum Gasteiger partial charge on any atom is -0.598 e. The van der Waals surface area contributed by atoms with E-state index < -0.39 is 29.0 Å². The Balaban J connectivity index is 1.24. The lowest BCUT2D eigenvalue weighted by Crippen LogP contribution is -3.08. The maximum absolute atomic E-state index is 13.8. The molecule has 2 saturated heterocycles. The van der Waals surface area contributed by atoms with Crippen molar-refractivity contribution in [2.24, 2.45) is 0 Å². The van der Waals surface area contributed by atoms with E-state index in [-0.39, 0.29) is 17.8 Å². The molecule has 2 aromatic rings. The summed E-state index contributed by atoms with van der Waals surface area (Å²) in [4.78, 5) is 33.7. The number of thioether (sulfide) groups is 1. The van der Waals surface area contributed by atoms with Crippen molar-refractivity contribution >= 4 is 23.6 Å². The summed E-state index contributed by atoms with van der Waals surface area (Å²) < 4.78 is 5.30. The van der Waals surface area contributed by atoms with Crippen molar-refractivity contribution in [2.45, 2.75) is 61.0 Å². The zero-order valence-corrected chi connectivity index (χ0v) is 21.2. The van der Waals surface area contributed by atoms with E-state index in [1.54, 1.807) is 18.7 Å². The van der Waals surface area contributed by atoms with Crippen molar-refractivity contribution in [1.82, 2.24) is 10.2 Å². The second-order valence-corrected chi connectivity index (χ2v) is 10.8. The minimum atomic E-state index is -0.957. The highest BCUT2D eigenvalue weighted by Gasteiger charge is 2.65. The third-order valence-electron chi connectivity index (χ3n) is 7.24. The third-order valence-corrected chi connectivity index (χ3v) is 8.71. The number of hydrogen-bond donors (Lipinski definition) is 2. The highest BCUT2D eigenvalue weighted by molar-refractivity contribution is 7.99. The molecule has 0 radical (unpaired) electrons. The van der Waals surface area contributed by atoms with Gasteiger partial charge in [-0.1, -0.05) is 60.7 Å². The van der Waals surface area contributed by atoms with E-state index in [0.717, 1.165) is 18.6 Å². The fourth-order valence-corrected chi connectivity index (χ4v) is 6.46. The molecule has 1 saturated carbocycles. The predicted molar refractivity (Wildman–Crippen MR) is 137 cm³/mol. The van der Waals surface area contributed by atoms with Crippen LogP contribution in [0.4, 0.5) is 0 Å². The number of quaternary nitrogens is 1. The first-order chi connectivity index (χ1) is 17.5. The van der Waals surface area contributed by atoms with Crippen LogP contribution in [0.2, 0.25) is 0 Å². The van der Waals surface area contributed by atoms with Gasteiger partial charge in [0.1, 0.15) is 12.1 Å². The molecule has 5 atom stereocenters. The standard InChI is InChI=1S/C27H33N3O5S/c1-2-34-30(33)25-23(35-25)24(31)28-27(17-22(27)36-18-19-9-5-3-6-10-19)26(32)29-15-13-21(14-16-29)20-11-7-4-8-12-20/h3-12,21-23,25,30H,2,13-18H2,1H3,(H,28,31)/t22?,23-,25+,27?/m1/s1. The Morgan fingerprint density at radius 3 is 2.47 bits per heavy atom. The molecule has 9 heteroatoms. The lowest BCUT2D eigenvalue weighted by Gasteiger charge is -2.35. The quantitative estimate of drug-likeness (QED) is 0.374. The number of nitrogens with zero attached hydrogens (tertiary/aromatic N) is 1. The summed E-state index contributed by atoms with van der Waals surface area (Å²) in [5, 5.41) is 14.4. The van der Waals surface area contributed by atoms with Crippen molar-refractivity contribution in [3.05, 3.63) is 77.0 Å². The second kappa shape index (κ2) is 10.9. The van der Waals surface area contributed by atoms with Crippen LogP contribution < -0.4 is 10.5 Å². The predicted octanol–water partition coefficient (Wildman–Crippen LogP) is 2.01. The van der Waals surface area contributed by atoms with Gasteiger partial charge in [-0.25, -0.2) is 4.84 Å². The number of ether oxygens (including phenoxy) is 1. The monoisotopic (exact) mass is 511 g/mol. The van der Waals surface area contributed by atoms with Gasteiger partial charge in [-0.3, -0.25) is 9.59 Å². The van der Waals surface area contributed by atoms with Gasteiger partial charge in [0.2, 0.25) is 12.0 Å². The molecular formula is C27H33N3O5S. The zero-order chi connectivity index (χ0) is 25.1. The van der Waals surface area contributed by atoms with Crippen LogP contribution in [0.5, 0.6) is 0 Å². The van der Waals surface area contributed by atoms with Crippen LogP contribution in [0, 0.1) is 5.21 Å². The van der Waals surface area contributed by atoms with Crippen LogP contribution in [0.1, 0.15) is 43.2 Å². The number of rotatable bonds is 10. The van der Waals surface area contributed by atoms with Gasteiger partial charge >= 0.3 is 0 Å². The molecule has 3 unspecified atom stereocenters. The maximum Gasteiger partial charge on any atom is 0.259 e. The smallest absolute Gasteiger partial charge is 0.259 e. The summed E-state index contributed by atoms with van der Waals surface area (Å²) in [6, 6.07) is 20.5. The van der Waals surface area contributed by atoms with Crippen molar-refractivity contribution in [3.63, 3.8) is 0 Å². The number of piperidine rings is 1. The van der Waals surface area contributed by atoms with E-state index in [0.29, 0.717) is 25.4 Å². The van der Waals surface area contributed by atoms with Crippen molar-refractivity contribution in [3.8, 4) is 0 Å². The molecule has 3 aliphatic rings. The Bertz CT molecular complexity index is 1050. The summed E-state index contributed by atoms with van der Waals surface area (Å²) in [6.07, 6.45) is 0.604. The Labute approximate surface area is 215 Å². The highest BCUT2D eigenvalue weighted by atomic mass is 32.2. The molecule has 36 heavy (non-hydrogen) atoms. The van der Waals surface area contributed by atoms with Crippen LogP contribution in [0.25, 0.3) is 0 Å². The fourth-order valence-electron chi connectivity index (χ4n) is 5.05. The van der Waals surface area contributed by atoms with E-state index in [1.165, 1.54) is 11.1 Å². The zero-order valence-electron chi connectivity index (χ0n) is 20.4. The Kier molecular flexibility index (Phi) is 7.64. The largest absolute Gasteiger partial charge is 0.598 e. The van der Waals surface area contributed by atoms with Crippen LogP contribution >= 0.6 is 11.8 Å². The van der Waals surface area contributed by atoms with Gasteiger partial charge in [0.25, 0.3) is 12.1 Å². The van der Waals surface area contributed by atoms with E-state index >= 15 is 0 Å². The maximum atomic E-state index is 13.8. The third kappa shape index (κ3) is 5.45. The van der Waals surface area contributed by atoms with E-state index in [4.69, 9.17) is 9.57 Å². The molecule has 1 aliphatic carbocycles. The Hall–Kier alpha value is -2.43. The molecule has 2 aliphatic heterocycles. The number of carbonyl (C=O) groups excluding carboxylic acids is 2. The molecule has 5 rings (SSSR count). The summed E-state index contributed by atoms with van der Waals surface area (Å²) >= 11 is 1.69. The normalized spacial score (nSPS) is 28.4. The van der Waals surface area contributed by atoms with Gasteiger partial charge in [-0.05, 0) is 43.2 Å². The first-order valence-corrected chi connectivity index (χ1v) is 13.7. The number of hydrogen-bond acceptors (Lipinski definition) is 6. The van der Waals surface area contributed by atoms with Crippen LogP contribution in [-0.4, -0.2) is 59.5 Å². The van der Waals surface area contributed by atoms with Gasteiger partial charge in [-0.15, -0.1) is 0 Å². The van der Waals surface area contributed by atoms with Gasteiger partial charge in [0.05, 0.1) is 0 Å². The minimum absolute atomic E-state index is 0.0266. The summed E-state index contributed by atoms with van der Waals surface area (Å²) in [5.41, 5.74) is 1.53. The van der Waals surface area contributed by atoms with Crippen LogP contribution in [0.3, 0.4) is 0 Å². The molecule has 192 valence electrons. The molecule has 0 bridgehead atoms. The first kappa shape index (κ1) is 25.2. The SMILES string of the molecule is CCO[NH+]([O-])[C@H]1O[C@@H]1C(=O)NC1(C(=O)N2CCC(c3ccccc3)CC2)CC1SCc1ccccc1. The summed E-state index contributed by atoms with van der Waals surface area (Å²) in [6.45, 7) is 3.27. The van der Waals surface area contributed by atoms with Gasteiger partial charge < -0.3 is 20.2 Å². The number of epoxide rings is 1. The van der Waals surface area contributed by atoms with E-state index in [9.17, 15) is 14.8 Å². The second-order valence-electron chi connectivity index (χ2n) is 9.66. The molecule has 2 amide bonds. The van der Waals surface area contributed by atoms with Crippen molar-refractivity contribution in [2.75, 3.05) is 19.7 Å². The molecule has 2 heterocycles. The molecule has 0 aromatic heterocycles. The number of amides is 2. The summed E-state index contributed by atoms with van der Waals surface area (Å²) in [5.74, 6) is 0.760. The molecule has 2 N–H and O–H groups in total. The topological polar surface area (TPSA) is 98.7 Å². The fraction of sp³-hybridized carbons (Fsp3) is 0.481. The Morgan fingerprint density at radius 2 is 1.81 bits per heavy atom.